The second-order valence-corrected chi connectivity index (χ2v) is 4.79. The van der Waals surface area contributed by atoms with E-state index in [1.165, 1.54) is 11.2 Å². The number of thioether (sulfide) groups is 1. The van der Waals surface area contributed by atoms with E-state index in [-0.39, 0.29) is 29.8 Å². The van der Waals surface area contributed by atoms with Crippen molar-refractivity contribution < 1.29 is 13.9 Å². The van der Waals surface area contributed by atoms with Crippen molar-refractivity contribution in [3.05, 3.63) is 24.2 Å². The summed E-state index contributed by atoms with van der Waals surface area (Å²) in [7, 11) is 0. The lowest BCUT2D eigenvalue weighted by molar-refractivity contribution is 0.0792. The fourth-order valence-electron chi connectivity index (χ4n) is 1.99. The van der Waals surface area contributed by atoms with Crippen LogP contribution in [0.4, 0.5) is 0 Å². The maximum atomic E-state index is 12.1. The molecule has 84 valence electrons. The molecule has 1 aromatic heterocycles. The lowest BCUT2D eigenvalue weighted by atomic mass is 10.2. The van der Waals surface area contributed by atoms with Crippen LogP contribution < -0.4 is 0 Å². The zero-order chi connectivity index (χ0) is 11.1. The van der Waals surface area contributed by atoms with E-state index in [0.29, 0.717) is 0 Å². The third-order valence-corrected chi connectivity index (χ3v) is 3.91. The van der Waals surface area contributed by atoms with Crippen molar-refractivity contribution >= 4 is 23.7 Å². The number of hydrogen-bond acceptors (Lipinski definition) is 5. The summed E-state index contributed by atoms with van der Waals surface area (Å²) in [6.07, 6.45) is 1.42. The van der Waals surface area contributed by atoms with Gasteiger partial charge in [0.15, 0.2) is 5.76 Å². The Kier molecular flexibility index (Phi) is 2.17. The summed E-state index contributed by atoms with van der Waals surface area (Å²) >= 11 is 1.74. The van der Waals surface area contributed by atoms with Gasteiger partial charge in [0.25, 0.3) is 11.9 Å². The van der Waals surface area contributed by atoms with Crippen molar-refractivity contribution in [3.8, 4) is 0 Å². The van der Waals surface area contributed by atoms with Crippen molar-refractivity contribution in [1.29, 1.82) is 5.41 Å². The van der Waals surface area contributed by atoms with Crippen LogP contribution in [0.3, 0.4) is 0 Å². The number of carbonyl (C=O) groups is 1. The molecule has 0 radical (unpaired) electrons. The molecule has 1 N–H and O–H groups in total. The quantitative estimate of drug-likeness (QED) is 0.797. The van der Waals surface area contributed by atoms with Crippen molar-refractivity contribution in [2.24, 2.45) is 0 Å². The van der Waals surface area contributed by atoms with Gasteiger partial charge >= 0.3 is 0 Å². The molecular formula is C10H10N2O3S. The number of fused-ring (bicyclic) bond motifs is 1. The van der Waals surface area contributed by atoms with Gasteiger partial charge in [-0.3, -0.25) is 15.1 Å². The average Bonchev–Trinajstić information content (AvgIpc) is 2.89. The zero-order valence-electron chi connectivity index (χ0n) is 8.38. The Labute approximate surface area is 96.2 Å². The average molecular weight is 238 g/mol. The molecule has 0 aliphatic carbocycles. The van der Waals surface area contributed by atoms with Crippen LogP contribution in [0.15, 0.2) is 22.8 Å². The lowest BCUT2D eigenvalue weighted by Gasteiger charge is -2.17. The fourth-order valence-corrected chi connectivity index (χ4v) is 3.25. The number of nitrogens with zero attached hydrogens (tertiary/aromatic N) is 1. The van der Waals surface area contributed by atoms with E-state index in [9.17, 15) is 4.79 Å². The smallest absolute Gasteiger partial charge is 0.297 e. The van der Waals surface area contributed by atoms with Crippen LogP contribution in [0.5, 0.6) is 0 Å². The highest BCUT2D eigenvalue weighted by Gasteiger charge is 2.46. The number of amides is 1. The predicted molar refractivity (Wildman–Crippen MR) is 58.6 cm³/mol. The SMILES string of the molecule is N=C1O[C@H]2CSC[C@@H]2N1C(=O)c1ccco1. The van der Waals surface area contributed by atoms with Crippen LogP contribution in [0, 0.1) is 5.41 Å². The molecule has 3 rings (SSSR count). The molecule has 0 saturated carbocycles. The molecule has 1 aromatic rings. The Bertz CT molecular complexity index is 431. The van der Waals surface area contributed by atoms with Gasteiger partial charge in [0.05, 0.1) is 12.3 Å². The predicted octanol–water partition coefficient (Wildman–Crippen LogP) is 1.17. The van der Waals surface area contributed by atoms with Crippen molar-refractivity contribution in [2.75, 3.05) is 11.5 Å². The van der Waals surface area contributed by atoms with E-state index < -0.39 is 0 Å². The molecule has 2 atom stereocenters. The van der Waals surface area contributed by atoms with E-state index in [1.54, 1.807) is 23.9 Å². The summed E-state index contributed by atoms with van der Waals surface area (Å²) in [5.41, 5.74) is 0. The van der Waals surface area contributed by atoms with Crippen molar-refractivity contribution in [1.82, 2.24) is 4.90 Å². The van der Waals surface area contributed by atoms with Crippen LogP contribution in [0.25, 0.3) is 0 Å². The van der Waals surface area contributed by atoms with Gasteiger partial charge in [0, 0.05) is 11.5 Å². The number of nitrogens with one attached hydrogen (secondary N) is 1. The Balaban J connectivity index is 1.89. The summed E-state index contributed by atoms with van der Waals surface area (Å²) in [4.78, 5) is 13.5. The Hall–Kier alpha value is -1.43. The van der Waals surface area contributed by atoms with Gasteiger partial charge in [0.1, 0.15) is 6.10 Å². The highest BCUT2D eigenvalue weighted by molar-refractivity contribution is 7.99. The minimum atomic E-state index is -0.287. The first-order valence-corrected chi connectivity index (χ1v) is 6.13. The molecule has 1 amide bonds. The summed E-state index contributed by atoms with van der Waals surface area (Å²) in [6, 6.07) is 3.19. The van der Waals surface area contributed by atoms with Gasteiger partial charge in [-0.05, 0) is 12.1 Å². The maximum absolute atomic E-state index is 12.1. The first-order valence-electron chi connectivity index (χ1n) is 4.97. The number of hydrogen-bond donors (Lipinski definition) is 1. The molecule has 3 heterocycles. The van der Waals surface area contributed by atoms with E-state index >= 15 is 0 Å². The van der Waals surface area contributed by atoms with Crippen LogP contribution in [-0.4, -0.2) is 40.5 Å². The third-order valence-electron chi connectivity index (χ3n) is 2.76. The number of rotatable bonds is 1. The van der Waals surface area contributed by atoms with Crippen LogP contribution >= 0.6 is 11.8 Å². The molecule has 2 saturated heterocycles. The van der Waals surface area contributed by atoms with Gasteiger partial charge in [-0.25, -0.2) is 0 Å². The Morgan fingerprint density at radius 1 is 1.56 bits per heavy atom. The summed E-state index contributed by atoms with van der Waals surface area (Å²) in [6.45, 7) is 0. The van der Waals surface area contributed by atoms with Gasteiger partial charge in [0.2, 0.25) is 0 Å². The zero-order valence-corrected chi connectivity index (χ0v) is 9.20. The van der Waals surface area contributed by atoms with Crippen LogP contribution in [0.2, 0.25) is 0 Å². The van der Waals surface area contributed by atoms with E-state index in [4.69, 9.17) is 14.6 Å². The minimum Gasteiger partial charge on any atom is -0.459 e. The van der Waals surface area contributed by atoms with Crippen LogP contribution in [0.1, 0.15) is 10.6 Å². The van der Waals surface area contributed by atoms with Gasteiger partial charge in [-0.15, -0.1) is 0 Å². The lowest BCUT2D eigenvalue weighted by Crippen LogP contribution is -2.41. The Morgan fingerprint density at radius 2 is 2.44 bits per heavy atom. The number of carbonyl (C=O) groups excluding carboxylic acids is 1. The van der Waals surface area contributed by atoms with E-state index in [1.807, 2.05) is 0 Å². The summed E-state index contributed by atoms with van der Waals surface area (Å²) in [5, 5.41) is 7.67. The molecule has 2 fully saturated rings. The molecule has 0 bridgehead atoms. The molecule has 16 heavy (non-hydrogen) atoms. The molecule has 0 unspecified atom stereocenters. The first kappa shape index (κ1) is 9.77. The highest BCUT2D eigenvalue weighted by Crippen LogP contribution is 2.32. The normalized spacial score (nSPS) is 28.0. The maximum Gasteiger partial charge on any atom is 0.297 e. The largest absolute Gasteiger partial charge is 0.459 e. The number of amidine groups is 1. The molecule has 5 nitrogen and oxygen atoms in total. The van der Waals surface area contributed by atoms with Crippen LogP contribution in [-0.2, 0) is 4.74 Å². The number of ether oxygens (including phenoxy) is 1. The molecular weight excluding hydrogens is 228 g/mol. The van der Waals surface area contributed by atoms with Gasteiger partial charge in [-0.2, -0.15) is 11.8 Å². The first-order chi connectivity index (χ1) is 7.77. The molecule has 6 heteroatoms. The van der Waals surface area contributed by atoms with E-state index in [0.717, 1.165) is 11.5 Å². The van der Waals surface area contributed by atoms with Crippen molar-refractivity contribution in [2.45, 2.75) is 12.1 Å². The van der Waals surface area contributed by atoms with Gasteiger partial charge < -0.3 is 9.15 Å². The third kappa shape index (κ3) is 1.33. The summed E-state index contributed by atoms with van der Waals surface area (Å²) < 4.78 is 10.4. The summed E-state index contributed by atoms with van der Waals surface area (Å²) in [5.74, 6) is 1.63. The number of furan rings is 1. The second kappa shape index (κ2) is 3.55. The monoisotopic (exact) mass is 238 g/mol. The minimum absolute atomic E-state index is 0.0184. The Morgan fingerprint density at radius 3 is 3.19 bits per heavy atom. The second-order valence-electron chi connectivity index (χ2n) is 3.72. The molecule has 0 spiro atoms. The molecule has 0 aromatic carbocycles. The van der Waals surface area contributed by atoms with Gasteiger partial charge in [-0.1, -0.05) is 0 Å². The topological polar surface area (TPSA) is 66.5 Å². The molecule has 2 aliphatic rings. The highest BCUT2D eigenvalue weighted by atomic mass is 32.2. The fraction of sp³-hybridized carbons (Fsp3) is 0.400. The van der Waals surface area contributed by atoms with Crippen molar-refractivity contribution in [3.63, 3.8) is 0 Å². The molecule has 2 aliphatic heterocycles. The van der Waals surface area contributed by atoms with E-state index in [2.05, 4.69) is 0 Å². The standard InChI is InChI=1S/C10H10N2O3S/c11-10-12(6-4-16-5-8(6)15-10)9(13)7-2-1-3-14-7/h1-3,6,8,11H,4-5H2/t6-,8-/m0/s1.